The third kappa shape index (κ3) is 6.52. The molecule has 0 unspecified atom stereocenters. The fraction of sp³-hybridized carbons (Fsp3) is 0.147. The topological polar surface area (TPSA) is 57.8 Å². The Hall–Kier alpha value is -3.75. The zero-order valence-electron chi connectivity index (χ0n) is 24.0. The van der Waals surface area contributed by atoms with E-state index in [1.807, 2.05) is 60.1 Å². The first-order chi connectivity index (χ1) is 21.4. The first kappa shape index (κ1) is 30.3. The molecule has 0 amide bonds. The number of aryl methyl sites for hydroxylation is 1. The summed E-state index contributed by atoms with van der Waals surface area (Å²) in [4.78, 5) is 0. The van der Waals surface area contributed by atoms with Crippen molar-refractivity contribution < 1.29 is 4.74 Å². The molecule has 0 saturated carbocycles. The lowest BCUT2D eigenvalue weighted by Gasteiger charge is -2.11. The zero-order valence-corrected chi connectivity index (χ0v) is 27.1. The fourth-order valence-corrected chi connectivity index (χ4v) is 6.54. The first-order valence-corrected chi connectivity index (χ1v) is 16.1. The number of rotatable bonds is 10. The molecular formula is C34H28Cl3N5OS. The van der Waals surface area contributed by atoms with Crippen LogP contribution in [-0.4, -0.2) is 31.7 Å². The Labute approximate surface area is 275 Å². The predicted molar refractivity (Wildman–Crippen MR) is 180 cm³/mol. The van der Waals surface area contributed by atoms with Crippen LogP contribution in [0.15, 0.2) is 102 Å². The van der Waals surface area contributed by atoms with Crippen LogP contribution < -0.4 is 4.74 Å². The molecule has 6 rings (SSSR count). The van der Waals surface area contributed by atoms with Gasteiger partial charge in [-0.15, -0.1) is 10.2 Å². The van der Waals surface area contributed by atoms with Crippen LogP contribution in [0.5, 0.6) is 5.75 Å². The largest absolute Gasteiger partial charge is 0.497 e. The van der Waals surface area contributed by atoms with Crippen molar-refractivity contribution in [1.82, 2.24) is 24.5 Å². The third-order valence-corrected chi connectivity index (χ3v) is 9.13. The lowest BCUT2D eigenvalue weighted by atomic mass is 10.1. The third-order valence-electron chi connectivity index (χ3n) is 7.30. The monoisotopic (exact) mass is 659 g/mol. The van der Waals surface area contributed by atoms with Crippen LogP contribution in [0.1, 0.15) is 16.7 Å². The molecule has 6 aromatic rings. The Morgan fingerprint density at radius 2 is 1.52 bits per heavy atom. The normalized spacial score (nSPS) is 11.2. The molecule has 0 aliphatic carbocycles. The van der Waals surface area contributed by atoms with Crippen molar-refractivity contribution in [3.63, 3.8) is 0 Å². The minimum atomic E-state index is 0.489. The molecule has 0 bridgehead atoms. The predicted octanol–water partition coefficient (Wildman–Crippen LogP) is 9.61. The van der Waals surface area contributed by atoms with Crippen LogP contribution in [0, 0.1) is 6.92 Å². The van der Waals surface area contributed by atoms with Crippen LogP contribution in [-0.2, 0) is 18.7 Å². The van der Waals surface area contributed by atoms with Gasteiger partial charge in [-0.3, -0.25) is 0 Å². The molecule has 0 radical (unpaired) electrons. The summed E-state index contributed by atoms with van der Waals surface area (Å²) in [5, 5.41) is 17.0. The summed E-state index contributed by atoms with van der Waals surface area (Å²) in [6.07, 6.45) is 0.814. The zero-order chi connectivity index (χ0) is 30.6. The van der Waals surface area contributed by atoms with E-state index in [-0.39, 0.29) is 0 Å². The van der Waals surface area contributed by atoms with Gasteiger partial charge in [0, 0.05) is 33.5 Å². The number of halogens is 3. The Bertz CT molecular complexity index is 1890. The van der Waals surface area contributed by atoms with E-state index in [9.17, 15) is 0 Å². The van der Waals surface area contributed by atoms with E-state index in [1.165, 1.54) is 5.56 Å². The first-order valence-electron chi connectivity index (χ1n) is 14.0. The highest BCUT2D eigenvalue weighted by atomic mass is 35.5. The smallest absolute Gasteiger partial charge is 0.191 e. The molecule has 10 heteroatoms. The number of hydrogen-bond donors (Lipinski definition) is 0. The van der Waals surface area contributed by atoms with Crippen LogP contribution in [0.4, 0.5) is 0 Å². The maximum absolute atomic E-state index is 6.72. The van der Waals surface area contributed by atoms with Crippen molar-refractivity contribution in [1.29, 1.82) is 0 Å². The highest BCUT2D eigenvalue weighted by molar-refractivity contribution is 7.98. The number of methoxy groups -OCH3 is 1. The van der Waals surface area contributed by atoms with Gasteiger partial charge in [-0.1, -0.05) is 101 Å². The highest BCUT2D eigenvalue weighted by Gasteiger charge is 2.25. The summed E-state index contributed by atoms with van der Waals surface area (Å²) in [5.74, 6) is 2.25. The van der Waals surface area contributed by atoms with Gasteiger partial charge in [-0.05, 0) is 66.9 Å². The number of hydrogen-bond acceptors (Lipinski definition) is 5. The second-order valence-electron chi connectivity index (χ2n) is 10.2. The van der Waals surface area contributed by atoms with Crippen LogP contribution in [0.25, 0.3) is 28.5 Å². The molecule has 0 atom stereocenters. The van der Waals surface area contributed by atoms with Gasteiger partial charge in [0.1, 0.15) is 11.4 Å². The molecule has 44 heavy (non-hydrogen) atoms. The second kappa shape index (κ2) is 13.5. The standard InChI is InChI=1S/C34H28Cl3N5OS/c1-22-31(40-42(30-17-14-27(36)20-29(30)37)32(22)25-10-12-26(35)13-11-25)33-38-39-34(41(33)19-18-23-6-4-3-5-7-23)44-21-24-8-15-28(43-2)16-9-24/h3-17,20H,18-19,21H2,1-2H3. The SMILES string of the molecule is COc1ccc(CSc2nnc(-c3nn(-c4ccc(Cl)cc4Cl)c(-c4ccc(Cl)cc4)c3C)n2CCc2ccccc2)cc1. The minimum absolute atomic E-state index is 0.489. The molecular weight excluding hydrogens is 633 g/mol. The summed E-state index contributed by atoms with van der Waals surface area (Å²) in [6, 6.07) is 31.6. The molecule has 4 aromatic carbocycles. The van der Waals surface area contributed by atoms with Gasteiger partial charge in [-0.2, -0.15) is 5.10 Å². The van der Waals surface area contributed by atoms with Gasteiger partial charge in [0.25, 0.3) is 0 Å². The summed E-state index contributed by atoms with van der Waals surface area (Å²) >= 11 is 20.9. The van der Waals surface area contributed by atoms with E-state index in [0.29, 0.717) is 33.1 Å². The van der Waals surface area contributed by atoms with E-state index in [0.717, 1.165) is 51.2 Å². The van der Waals surface area contributed by atoms with Crippen molar-refractivity contribution in [2.45, 2.75) is 30.8 Å². The van der Waals surface area contributed by atoms with E-state index in [2.05, 4.69) is 46.1 Å². The Morgan fingerprint density at radius 3 is 2.23 bits per heavy atom. The molecule has 0 spiro atoms. The van der Waals surface area contributed by atoms with Gasteiger partial charge in [0.05, 0.1) is 23.5 Å². The van der Waals surface area contributed by atoms with Crippen molar-refractivity contribution in [3.05, 3.63) is 129 Å². The van der Waals surface area contributed by atoms with Gasteiger partial charge in [0.15, 0.2) is 11.0 Å². The Kier molecular flexibility index (Phi) is 9.28. The average Bonchev–Trinajstić information content (AvgIpc) is 3.60. The fourth-order valence-electron chi connectivity index (χ4n) is 5.01. The maximum Gasteiger partial charge on any atom is 0.191 e. The quantitative estimate of drug-likeness (QED) is 0.137. The maximum atomic E-state index is 6.72. The molecule has 6 nitrogen and oxygen atoms in total. The van der Waals surface area contributed by atoms with E-state index in [1.54, 1.807) is 31.0 Å². The minimum Gasteiger partial charge on any atom is -0.497 e. The molecule has 0 aliphatic rings. The number of ether oxygens (including phenoxy) is 1. The van der Waals surface area contributed by atoms with Crippen LogP contribution in [0.3, 0.4) is 0 Å². The van der Waals surface area contributed by atoms with Crippen molar-refractivity contribution >= 4 is 46.6 Å². The average molecular weight is 661 g/mol. The molecule has 0 fully saturated rings. The number of aromatic nitrogens is 5. The summed E-state index contributed by atoms with van der Waals surface area (Å²) in [5.41, 5.74) is 6.59. The van der Waals surface area contributed by atoms with Gasteiger partial charge >= 0.3 is 0 Å². The van der Waals surface area contributed by atoms with Crippen LogP contribution >= 0.6 is 46.6 Å². The van der Waals surface area contributed by atoms with Crippen molar-refractivity contribution in [2.24, 2.45) is 0 Å². The Balaban J connectivity index is 1.45. The summed E-state index contributed by atoms with van der Waals surface area (Å²) < 4.78 is 9.34. The molecule has 2 heterocycles. The van der Waals surface area contributed by atoms with E-state index >= 15 is 0 Å². The van der Waals surface area contributed by atoms with E-state index in [4.69, 9.17) is 49.7 Å². The van der Waals surface area contributed by atoms with Crippen LogP contribution in [0.2, 0.25) is 15.1 Å². The van der Waals surface area contributed by atoms with Crippen molar-refractivity contribution in [3.8, 4) is 34.2 Å². The number of nitrogens with zero attached hydrogens (tertiary/aromatic N) is 5. The lowest BCUT2D eigenvalue weighted by molar-refractivity contribution is 0.414. The molecule has 222 valence electrons. The summed E-state index contributed by atoms with van der Waals surface area (Å²) in [7, 11) is 1.67. The summed E-state index contributed by atoms with van der Waals surface area (Å²) in [6.45, 7) is 2.73. The number of benzene rings is 4. The van der Waals surface area contributed by atoms with Gasteiger partial charge in [-0.25, -0.2) is 4.68 Å². The molecule has 0 N–H and O–H groups in total. The van der Waals surface area contributed by atoms with Gasteiger partial charge in [0.2, 0.25) is 0 Å². The van der Waals surface area contributed by atoms with Gasteiger partial charge < -0.3 is 9.30 Å². The number of thioether (sulfide) groups is 1. The highest BCUT2D eigenvalue weighted by Crippen LogP contribution is 2.37. The second-order valence-corrected chi connectivity index (χ2v) is 12.4. The lowest BCUT2D eigenvalue weighted by Crippen LogP contribution is -2.06. The van der Waals surface area contributed by atoms with Crippen molar-refractivity contribution in [2.75, 3.05) is 7.11 Å². The molecule has 0 saturated heterocycles. The molecule has 2 aromatic heterocycles. The van der Waals surface area contributed by atoms with E-state index < -0.39 is 0 Å². The molecule has 0 aliphatic heterocycles. The Morgan fingerprint density at radius 1 is 0.795 bits per heavy atom.